The van der Waals surface area contributed by atoms with Crippen LogP contribution in [0.3, 0.4) is 0 Å². The van der Waals surface area contributed by atoms with Crippen LogP contribution >= 0.6 is 34.8 Å². The second-order valence-electron chi connectivity index (χ2n) is 1.85. The Morgan fingerprint density at radius 1 is 1.00 bits per heavy atom. The average molecular weight is 213 g/mol. The van der Waals surface area contributed by atoms with Crippen molar-refractivity contribution in [1.82, 2.24) is 0 Å². The number of hydrogen-bond donors (Lipinski definition) is 2. The Morgan fingerprint density at radius 3 is 2.09 bits per heavy atom. The second-order valence-corrected chi connectivity index (χ2v) is 3.02. The van der Waals surface area contributed by atoms with Crippen LogP contribution in [0.1, 0.15) is 0 Å². The molecule has 0 saturated heterocycles. The highest BCUT2D eigenvalue weighted by molar-refractivity contribution is 6.45. The van der Waals surface area contributed by atoms with Gasteiger partial charge in [-0.25, -0.2) is 0 Å². The fourth-order valence-corrected chi connectivity index (χ4v) is 1.12. The van der Waals surface area contributed by atoms with E-state index in [0.29, 0.717) is 0 Å². The van der Waals surface area contributed by atoms with E-state index in [1.54, 1.807) is 0 Å². The Morgan fingerprint density at radius 2 is 1.55 bits per heavy atom. The van der Waals surface area contributed by atoms with Crippen molar-refractivity contribution in [2.24, 2.45) is 0 Å². The fourth-order valence-electron chi connectivity index (χ4n) is 0.578. The van der Waals surface area contributed by atoms with Crippen LogP contribution in [0.4, 0.5) is 0 Å². The maximum absolute atomic E-state index is 9.06. The lowest BCUT2D eigenvalue weighted by molar-refractivity contribution is 0.451. The zero-order chi connectivity index (χ0) is 8.59. The highest BCUT2D eigenvalue weighted by Crippen LogP contribution is 2.42. The van der Waals surface area contributed by atoms with E-state index in [4.69, 9.17) is 45.0 Å². The van der Waals surface area contributed by atoms with Crippen LogP contribution in [0.5, 0.6) is 11.5 Å². The van der Waals surface area contributed by atoms with E-state index in [-0.39, 0.29) is 20.8 Å². The maximum Gasteiger partial charge on any atom is 0.158 e. The predicted molar refractivity (Wildman–Crippen MR) is 44.8 cm³/mol. The van der Waals surface area contributed by atoms with Gasteiger partial charge >= 0.3 is 0 Å². The normalized spacial score (nSPS) is 10.1. The van der Waals surface area contributed by atoms with Gasteiger partial charge in [0, 0.05) is 6.07 Å². The molecule has 0 saturated carbocycles. The molecule has 0 aliphatic carbocycles. The monoisotopic (exact) mass is 212 g/mol. The van der Waals surface area contributed by atoms with Crippen LogP contribution in [0.25, 0.3) is 0 Å². The van der Waals surface area contributed by atoms with Gasteiger partial charge in [0.1, 0.15) is 15.8 Å². The van der Waals surface area contributed by atoms with Gasteiger partial charge in [0.25, 0.3) is 0 Å². The minimum Gasteiger partial charge on any atom is -0.506 e. The first kappa shape index (κ1) is 8.78. The van der Waals surface area contributed by atoms with E-state index in [1.165, 1.54) is 0 Å². The van der Waals surface area contributed by atoms with Gasteiger partial charge < -0.3 is 10.2 Å². The molecular weight excluding hydrogens is 210 g/mol. The summed E-state index contributed by atoms with van der Waals surface area (Å²) < 4.78 is 0. The highest BCUT2D eigenvalue weighted by atomic mass is 35.5. The van der Waals surface area contributed by atoms with E-state index < -0.39 is 5.75 Å². The standard InChI is InChI=1S/C6H3Cl3O2/c7-2-1-3(10)5(9)6(11)4(2)8/h1,10-11H. The van der Waals surface area contributed by atoms with Crippen molar-refractivity contribution in [2.75, 3.05) is 0 Å². The van der Waals surface area contributed by atoms with Crippen molar-refractivity contribution in [1.29, 1.82) is 0 Å². The van der Waals surface area contributed by atoms with Gasteiger partial charge in [0.15, 0.2) is 5.75 Å². The first-order chi connectivity index (χ1) is 5.04. The Hall–Kier alpha value is -0.310. The van der Waals surface area contributed by atoms with Crippen LogP contribution in [0, 0.1) is 0 Å². The van der Waals surface area contributed by atoms with E-state index in [2.05, 4.69) is 0 Å². The molecule has 0 aromatic heterocycles. The number of hydrogen-bond acceptors (Lipinski definition) is 2. The molecule has 0 atom stereocenters. The molecule has 11 heavy (non-hydrogen) atoms. The molecule has 0 radical (unpaired) electrons. The number of benzene rings is 1. The van der Waals surface area contributed by atoms with E-state index in [0.717, 1.165) is 6.07 Å². The molecule has 60 valence electrons. The van der Waals surface area contributed by atoms with E-state index in [1.807, 2.05) is 0 Å². The number of phenolic OH excluding ortho intramolecular Hbond substituents is 2. The Bertz CT molecular complexity index is 272. The smallest absolute Gasteiger partial charge is 0.158 e. The van der Waals surface area contributed by atoms with Crippen LogP contribution in [-0.2, 0) is 0 Å². The molecule has 0 amide bonds. The molecule has 0 unspecified atom stereocenters. The summed E-state index contributed by atoms with van der Waals surface area (Å²) in [6.07, 6.45) is 0. The van der Waals surface area contributed by atoms with E-state index >= 15 is 0 Å². The molecule has 1 aromatic rings. The summed E-state index contributed by atoms with van der Waals surface area (Å²) in [5.41, 5.74) is 0. The Balaban J connectivity index is 3.46. The van der Waals surface area contributed by atoms with Gasteiger partial charge in [-0.1, -0.05) is 34.8 Å². The molecular formula is C6H3Cl3O2. The molecule has 0 bridgehead atoms. The van der Waals surface area contributed by atoms with Crippen molar-refractivity contribution in [3.05, 3.63) is 21.1 Å². The van der Waals surface area contributed by atoms with Gasteiger partial charge in [0.2, 0.25) is 0 Å². The predicted octanol–water partition coefficient (Wildman–Crippen LogP) is 3.06. The fraction of sp³-hybridized carbons (Fsp3) is 0. The second kappa shape index (κ2) is 2.97. The van der Waals surface area contributed by atoms with Gasteiger partial charge in [-0.2, -0.15) is 0 Å². The van der Waals surface area contributed by atoms with Crippen LogP contribution in [-0.4, -0.2) is 10.2 Å². The van der Waals surface area contributed by atoms with Crippen molar-refractivity contribution in [2.45, 2.75) is 0 Å². The van der Waals surface area contributed by atoms with Crippen molar-refractivity contribution < 1.29 is 10.2 Å². The largest absolute Gasteiger partial charge is 0.506 e. The number of aromatic hydroxyl groups is 2. The zero-order valence-electron chi connectivity index (χ0n) is 5.11. The van der Waals surface area contributed by atoms with Gasteiger partial charge in [-0.3, -0.25) is 0 Å². The summed E-state index contributed by atoms with van der Waals surface area (Å²) in [7, 11) is 0. The Kier molecular flexibility index (Phi) is 2.37. The summed E-state index contributed by atoms with van der Waals surface area (Å²) in [5, 5.41) is 17.8. The van der Waals surface area contributed by atoms with Gasteiger partial charge in [-0.15, -0.1) is 0 Å². The molecule has 0 fully saturated rings. The third kappa shape index (κ3) is 1.48. The molecule has 1 rings (SSSR count). The lowest BCUT2D eigenvalue weighted by Crippen LogP contribution is -1.74. The minimum atomic E-state index is -0.404. The van der Waals surface area contributed by atoms with Crippen LogP contribution in [0.2, 0.25) is 15.1 Å². The Labute approximate surface area is 77.9 Å². The molecule has 5 heteroatoms. The number of halogens is 3. The van der Waals surface area contributed by atoms with Crippen molar-refractivity contribution in [3.63, 3.8) is 0 Å². The first-order valence-corrected chi connectivity index (χ1v) is 3.73. The first-order valence-electron chi connectivity index (χ1n) is 2.59. The van der Waals surface area contributed by atoms with Gasteiger partial charge in [-0.05, 0) is 0 Å². The summed E-state index contributed by atoms with van der Waals surface area (Å²) in [4.78, 5) is 0. The number of phenols is 2. The third-order valence-corrected chi connectivity index (χ3v) is 2.26. The topological polar surface area (TPSA) is 40.5 Å². The molecule has 0 aliphatic heterocycles. The SMILES string of the molecule is Oc1cc(Cl)c(Cl)c(O)c1Cl. The lowest BCUT2D eigenvalue weighted by Gasteiger charge is -2.02. The van der Waals surface area contributed by atoms with Crippen LogP contribution in [0.15, 0.2) is 6.07 Å². The highest BCUT2D eigenvalue weighted by Gasteiger charge is 2.12. The van der Waals surface area contributed by atoms with Gasteiger partial charge in [0.05, 0.1) is 5.02 Å². The molecule has 2 nitrogen and oxygen atoms in total. The lowest BCUT2D eigenvalue weighted by atomic mass is 10.3. The number of rotatable bonds is 0. The minimum absolute atomic E-state index is 0.0607. The molecule has 0 heterocycles. The summed E-state index contributed by atoms with van der Waals surface area (Å²) in [5.74, 6) is -0.697. The quantitative estimate of drug-likeness (QED) is 0.650. The van der Waals surface area contributed by atoms with Crippen molar-refractivity contribution >= 4 is 34.8 Å². The zero-order valence-corrected chi connectivity index (χ0v) is 7.37. The maximum atomic E-state index is 9.06. The van der Waals surface area contributed by atoms with Crippen molar-refractivity contribution in [3.8, 4) is 11.5 Å². The van der Waals surface area contributed by atoms with E-state index in [9.17, 15) is 0 Å². The summed E-state index contributed by atoms with van der Waals surface area (Å²) in [6.45, 7) is 0. The molecule has 1 aromatic carbocycles. The summed E-state index contributed by atoms with van der Waals surface area (Å²) >= 11 is 16.4. The summed E-state index contributed by atoms with van der Waals surface area (Å²) in [6, 6.07) is 1.16. The molecule has 0 spiro atoms. The molecule has 2 N–H and O–H groups in total. The average Bonchev–Trinajstić information content (AvgIpc) is 1.97. The third-order valence-electron chi connectivity index (χ3n) is 1.11. The molecule has 0 aliphatic rings. The van der Waals surface area contributed by atoms with Crippen LogP contribution < -0.4 is 0 Å².